The molecular weight excluding hydrogens is 354 g/mol. The number of rotatable bonds is 7. The lowest BCUT2D eigenvalue weighted by Gasteiger charge is -2.06. The molecular formula is C18H17N3O4S. The number of hydrogen-bond acceptors (Lipinski definition) is 7. The van der Waals surface area contributed by atoms with E-state index in [2.05, 4.69) is 15.5 Å². The summed E-state index contributed by atoms with van der Waals surface area (Å²) in [4.78, 5) is 24.5. The van der Waals surface area contributed by atoms with Crippen LogP contribution in [0.1, 0.15) is 29.6 Å². The first-order valence-electron chi connectivity index (χ1n) is 8.09. The quantitative estimate of drug-likeness (QED) is 0.638. The number of aromatic nitrogens is 2. The fourth-order valence-electron chi connectivity index (χ4n) is 2.20. The molecule has 0 saturated heterocycles. The van der Waals surface area contributed by atoms with Gasteiger partial charge in [0, 0.05) is 18.5 Å². The van der Waals surface area contributed by atoms with E-state index in [0.717, 1.165) is 4.88 Å². The normalized spacial score (nSPS) is 10.5. The van der Waals surface area contributed by atoms with Crippen molar-refractivity contribution in [3.05, 3.63) is 53.2 Å². The molecule has 0 spiro atoms. The van der Waals surface area contributed by atoms with Gasteiger partial charge in [0.05, 0.1) is 17.0 Å². The molecule has 0 aliphatic rings. The van der Waals surface area contributed by atoms with Crippen LogP contribution in [0.3, 0.4) is 0 Å². The largest absolute Gasteiger partial charge is 0.462 e. The fourth-order valence-corrected chi connectivity index (χ4v) is 2.85. The number of nitrogens with one attached hydrogen (secondary N) is 1. The lowest BCUT2D eigenvalue weighted by Crippen LogP contribution is -2.12. The highest BCUT2D eigenvalue weighted by atomic mass is 32.1. The summed E-state index contributed by atoms with van der Waals surface area (Å²) in [5.41, 5.74) is 1.05. The second-order valence-corrected chi connectivity index (χ2v) is 6.27. The van der Waals surface area contributed by atoms with Crippen LogP contribution in [0.4, 0.5) is 5.69 Å². The van der Waals surface area contributed by atoms with Crippen LogP contribution in [0.5, 0.6) is 0 Å². The van der Waals surface area contributed by atoms with E-state index in [1.54, 1.807) is 31.2 Å². The van der Waals surface area contributed by atoms with Crippen molar-refractivity contribution >= 4 is 28.9 Å². The summed E-state index contributed by atoms with van der Waals surface area (Å²) in [5.74, 6) is 0.319. The minimum absolute atomic E-state index is 0.176. The van der Waals surface area contributed by atoms with Crippen molar-refractivity contribution in [2.45, 2.75) is 19.8 Å². The van der Waals surface area contributed by atoms with Crippen molar-refractivity contribution in [3.63, 3.8) is 0 Å². The molecule has 0 fully saturated rings. The molecule has 26 heavy (non-hydrogen) atoms. The first-order valence-corrected chi connectivity index (χ1v) is 8.97. The van der Waals surface area contributed by atoms with Gasteiger partial charge in [0.2, 0.25) is 11.8 Å². The van der Waals surface area contributed by atoms with Crippen LogP contribution < -0.4 is 5.32 Å². The van der Waals surface area contributed by atoms with Gasteiger partial charge in [-0.15, -0.1) is 21.5 Å². The first kappa shape index (κ1) is 17.8. The topological polar surface area (TPSA) is 94.3 Å². The smallest absolute Gasteiger partial charge is 0.338 e. The number of aryl methyl sites for hydroxylation is 1. The van der Waals surface area contributed by atoms with E-state index in [0.29, 0.717) is 36.1 Å². The van der Waals surface area contributed by atoms with Gasteiger partial charge in [-0.3, -0.25) is 4.79 Å². The maximum absolute atomic E-state index is 12.1. The molecule has 2 aromatic heterocycles. The Labute approximate surface area is 154 Å². The number of amides is 1. The van der Waals surface area contributed by atoms with Crippen LogP contribution in [0.25, 0.3) is 10.8 Å². The van der Waals surface area contributed by atoms with Crippen LogP contribution in [-0.2, 0) is 16.0 Å². The molecule has 0 aliphatic heterocycles. The molecule has 0 atom stereocenters. The highest BCUT2D eigenvalue weighted by molar-refractivity contribution is 7.13. The summed E-state index contributed by atoms with van der Waals surface area (Å²) in [6.45, 7) is 2.07. The van der Waals surface area contributed by atoms with E-state index < -0.39 is 0 Å². The molecule has 8 heteroatoms. The average molecular weight is 371 g/mol. The molecule has 3 rings (SSSR count). The predicted octanol–water partition coefficient (Wildman–Crippen LogP) is 3.55. The van der Waals surface area contributed by atoms with E-state index in [9.17, 15) is 9.59 Å². The first-order chi connectivity index (χ1) is 12.7. The third kappa shape index (κ3) is 4.54. The average Bonchev–Trinajstić information content (AvgIpc) is 3.32. The zero-order valence-electron chi connectivity index (χ0n) is 14.1. The summed E-state index contributed by atoms with van der Waals surface area (Å²) in [7, 11) is 0. The van der Waals surface area contributed by atoms with Crippen molar-refractivity contribution in [2.24, 2.45) is 0 Å². The molecule has 1 aromatic carbocycles. The lowest BCUT2D eigenvalue weighted by molar-refractivity contribution is -0.116. The van der Waals surface area contributed by atoms with Gasteiger partial charge in [-0.25, -0.2) is 4.79 Å². The highest BCUT2D eigenvalue weighted by Crippen LogP contribution is 2.23. The van der Waals surface area contributed by atoms with Crippen molar-refractivity contribution < 1.29 is 18.7 Å². The van der Waals surface area contributed by atoms with Gasteiger partial charge in [0.1, 0.15) is 0 Å². The van der Waals surface area contributed by atoms with Gasteiger partial charge in [0.15, 0.2) is 0 Å². The summed E-state index contributed by atoms with van der Waals surface area (Å²) < 4.78 is 10.5. The third-order valence-corrected chi connectivity index (χ3v) is 4.30. The number of ether oxygens (including phenoxy) is 1. The molecule has 0 unspecified atom stereocenters. The van der Waals surface area contributed by atoms with Gasteiger partial charge in [-0.2, -0.15) is 0 Å². The molecule has 2 heterocycles. The minimum atomic E-state index is -0.386. The SMILES string of the molecule is CCOC(=O)c1ccc(NC(=O)CCc2nnc(-c3cccs3)o2)cc1. The van der Waals surface area contributed by atoms with Crippen LogP contribution in [0, 0.1) is 0 Å². The molecule has 3 aromatic rings. The molecule has 0 saturated carbocycles. The number of benzene rings is 1. The Hall–Kier alpha value is -3.00. The Morgan fingerprint density at radius 1 is 1.19 bits per heavy atom. The summed E-state index contributed by atoms with van der Waals surface area (Å²) >= 11 is 1.51. The van der Waals surface area contributed by atoms with Crippen LogP contribution in [-0.4, -0.2) is 28.7 Å². The van der Waals surface area contributed by atoms with Crippen molar-refractivity contribution in [1.29, 1.82) is 0 Å². The Morgan fingerprint density at radius 2 is 2.00 bits per heavy atom. The number of thiophene rings is 1. The standard InChI is InChI=1S/C18H17N3O4S/c1-2-24-18(23)12-5-7-13(8-6-12)19-15(22)9-10-16-20-21-17(25-16)14-4-3-11-26-14/h3-8,11H,2,9-10H2,1H3,(H,19,22). The maximum Gasteiger partial charge on any atom is 0.338 e. The predicted molar refractivity (Wildman–Crippen MR) is 97.0 cm³/mol. The number of nitrogens with zero attached hydrogens (tertiary/aromatic N) is 2. The fraction of sp³-hybridized carbons (Fsp3) is 0.222. The maximum atomic E-state index is 12.1. The third-order valence-electron chi connectivity index (χ3n) is 3.44. The Kier molecular flexibility index (Phi) is 5.75. The van der Waals surface area contributed by atoms with Gasteiger partial charge in [0.25, 0.3) is 5.89 Å². The molecule has 134 valence electrons. The number of carbonyl (C=O) groups is 2. The van der Waals surface area contributed by atoms with Crippen LogP contribution in [0.2, 0.25) is 0 Å². The lowest BCUT2D eigenvalue weighted by atomic mass is 10.2. The summed E-state index contributed by atoms with van der Waals surface area (Å²) in [5, 5.41) is 12.6. The minimum Gasteiger partial charge on any atom is -0.462 e. The second kappa shape index (κ2) is 8.39. The molecule has 1 N–H and O–H groups in total. The zero-order valence-corrected chi connectivity index (χ0v) is 14.9. The van der Waals surface area contributed by atoms with E-state index in [1.165, 1.54) is 11.3 Å². The van der Waals surface area contributed by atoms with E-state index in [-0.39, 0.29) is 18.3 Å². The highest BCUT2D eigenvalue weighted by Gasteiger charge is 2.12. The van der Waals surface area contributed by atoms with Crippen LogP contribution in [0.15, 0.2) is 46.2 Å². The van der Waals surface area contributed by atoms with Crippen molar-refractivity contribution in [3.8, 4) is 10.8 Å². The van der Waals surface area contributed by atoms with Gasteiger partial charge in [-0.05, 0) is 42.6 Å². The molecule has 7 nitrogen and oxygen atoms in total. The zero-order chi connectivity index (χ0) is 18.4. The number of hydrogen-bond donors (Lipinski definition) is 1. The summed E-state index contributed by atoms with van der Waals surface area (Å²) in [6, 6.07) is 10.3. The van der Waals surface area contributed by atoms with Gasteiger partial charge < -0.3 is 14.5 Å². The number of anilines is 1. The molecule has 0 bridgehead atoms. The van der Waals surface area contributed by atoms with E-state index in [1.807, 2.05) is 17.5 Å². The molecule has 0 aliphatic carbocycles. The van der Waals surface area contributed by atoms with Crippen LogP contribution >= 0.6 is 11.3 Å². The monoisotopic (exact) mass is 371 g/mol. The molecule has 0 radical (unpaired) electrons. The van der Waals surface area contributed by atoms with Crippen molar-refractivity contribution in [2.75, 3.05) is 11.9 Å². The van der Waals surface area contributed by atoms with Crippen molar-refractivity contribution in [1.82, 2.24) is 10.2 Å². The van der Waals surface area contributed by atoms with Gasteiger partial charge in [-0.1, -0.05) is 6.07 Å². The second-order valence-electron chi connectivity index (χ2n) is 5.32. The number of esters is 1. The Bertz CT molecular complexity index is 872. The van der Waals surface area contributed by atoms with E-state index >= 15 is 0 Å². The Balaban J connectivity index is 1.50. The Morgan fingerprint density at radius 3 is 2.69 bits per heavy atom. The number of carbonyl (C=O) groups excluding carboxylic acids is 2. The molecule has 1 amide bonds. The van der Waals surface area contributed by atoms with E-state index in [4.69, 9.17) is 9.15 Å². The van der Waals surface area contributed by atoms with Gasteiger partial charge >= 0.3 is 5.97 Å². The summed E-state index contributed by atoms with van der Waals surface area (Å²) in [6.07, 6.45) is 0.566.